The second-order valence-corrected chi connectivity index (χ2v) is 7.58. The van der Waals surface area contributed by atoms with Crippen molar-refractivity contribution < 1.29 is 9.90 Å². The van der Waals surface area contributed by atoms with Gasteiger partial charge in [0.2, 0.25) is 5.91 Å². The lowest BCUT2D eigenvalue weighted by molar-refractivity contribution is -0.123. The number of nitrogens with zero attached hydrogens (tertiary/aromatic N) is 1. The average Bonchev–Trinajstić information content (AvgIpc) is 2.38. The number of nitrogens with one attached hydrogen (secondary N) is 1. The first kappa shape index (κ1) is 18.4. The quantitative estimate of drug-likeness (QED) is 0.723. The van der Waals surface area contributed by atoms with E-state index >= 15 is 0 Å². The topological polar surface area (TPSA) is 52.6 Å². The van der Waals surface area contributed by atoms with Gasteiger partial charge in [-0.05, 0) is 38.6 Å². The van der Waals surface area contributed by atoms with E-state index in [0.717, 1.165) is 38.3 Å². The lowest BCUT2D eigenvalue weighted by Crippen LogP contribution is -2.48. The standard InChI is InChI=1S/C17H34N2O2/c1-14(2)7-5-8-15(3)18-16(21)11-19-10-6-9-17(4,12-19)13-20/h14-15,20H,5-13H2,1-4H3,(H,18,21). The first-order chi connectivity index (χ1) is 9.84. The lowest BCUT2D eigenvalue weighted by atomic mass is 9.83. The summed E-state index contributed by atoms with van der Waals surface area (Å²) in [5.74, 6) is 0.853. The summed E-state index contributed by atoms with van der Waals surface area (Å²) in [4.78, 5) is 14.3. The third-order valence-electron chi connectivity index (χ3n) is 4.43. The highest BCUT2D eigenvalue weighted by atomic mass is 16.3. The molecule has 4 heteroatoms. The fraction of sp³-hybridized carbons (Fsp3) is 0.941. The van der Waals surface area contributed by atoms with Crippen molar-refractivity contribution in [3.05, 3.63) is 0 Å². The Morgan fingerprint density at radius 3 is 2.67 bits per heavy atom. The summed E-state index contributed by atoms with van der Waals surface area (Å²) in [5.41, 5.74) is -0.0403. The number of amides is 1. The van der Waals surface area contributed by atoms with Crippen LogP contribution in [0.15, 0.2) is 0 Å². The highest BCUT2D eigenvalue weighted by molar-refractivity contribution is 5.78. The van der Waals surface area contributed by atoms with Gasteiger partial charge in [-0.25, -0.2) is 0 Å². The van der Waals surface area contributed by atoms with Crippen molar-refractivity contribution in [2.45, 2.75) is 65.8 Å². The monoisotopic (exact) mass is 298 g/mol. The number of hydrogen-bond acceptors (Lipinski definition) is 3. The van der Waals surface area contributed by atoms with Crippen LogP contribution >= 0.6 is 0 Å². The molecule has 1 aliphatic heterocycles. The van der Waals surface area contributed by atoms with Crippen LogP contribution in [0.2, 0.25) is 0 Å². The van der Waals surface area contributed by atoms with E-state index in [1.54, 1.807) is 0 Å². The molecule has 1 saturated heterocycles. The summed E-state index contributed by atoms with van der Waals surface area (Å²) in [6.45, 7) is 11.1. The van der Waals surface area contributed by atoms with Crippen LogP contribution in [-0.2, 0) is 4.79 Å². The molecule has 0 aromatic carbocycles. The minimum atomic E-state index is -0.0403. The van der Waals surface area contributed by atoms with Crippen molar-refractivity contribution in [1.82, 2.24) is 10.2 Å². The highest BCUT2D eigenvalue weighted by Crippen LogP contribution is 2.28. The molecule has 2 unspecified atom stereocenters. The zero-order valence-electron chi connectivity index (χ0n) is 14.3. The van der Waals surface area contributed by atoms with E-state index in [9.17, 15) is 9.90 Å². The molecule has 1 heterocycles. The summed E-state index contributed by atoms with van der Waals surface area (Å²) in [7, 11) is 0. The Hall–Kier alpha value is -0.610. The Bertz CT molecular complexity index is 320. The van der Waals surface area contributed by atoms with E-state index in [2.05, 4.69) is 37.9 Å². The van der Waals surface area contributed by atoms with Crippen molar-refractivity contribution in [2.24, 2.45) is 11.3 Å². The predicted octanol–water partition coefficient (Wildman–Crippen LogP) is 2.41. The van der Waals surface area contributed by atoms with E-state index in [-0.39, 0.29) is 24.0 Å². The number of carbonyl (C=O) groups is 1. The molecule has 1 rings (SSSR count). The van der Waals surface area contributed by atoms with E-state index in [4.69, 9.17) is 0 Å². The summed E-state index contributed by atoms with van der Waals surface area (Å²) in [5, 5.41) is 12.6. The number of carbonyl (C=O) groups excluding carboxylic acids is 1. The molecule has 0 aromatic rings. The number of rotatable bonds is 8. The molecule has 0 radical (unpaired) electrons. The molecule has 0 spiro atoms. The normalized spacial score (nSPS) is 25.0. The number of piperidine rings is 1. The Morgan fingerprint density at radius 1 is 1.33 bits per heavy atom. The summed E-state index contributed by atoms with van der Waals surface area (Å²) < 4.78 is 0. The largest absolute Gasteiger partial charge is 0.396 e. The van der Waals surface area contributed by atoms with Gasteiger partial charge in [-0.15, -0.1) is 0 Å². The predicted molar refractivity (Wildman–Crippen MR) is 87.2 cm³/mol. The van der Waals surface area contributed by atoms with Gasteiger partial charge >= 0.3 is 0 Å². The van der Waals surface area contributed by atoms with Gasteiger partial charge in [0.25, 0.3) is 0 Å². The van der Waals surface area contributed by atoms with Crippen LogP contribution in [0.4, 0.5) is 0 Å². The lowest BCUT2D eigenvalue weighted by Gasteiger charge is -2.39. The number of likely N-dealkylation sites (tertiary alicyclic amines) is 1. The molecule has 0 saturated carbocycles. The third kappa shape index (κ3) is 7.28. The molecule has 0 aromatic heterocycles. The summed E-state index contributed by atoms with van der Waals surface area (Å²) in [6.07, 6.45) is 5.56. The third-order valence-corrected chi connectivity index (χ3v) is 4.43. The van der Waals surface area contributed by atoms with E-state index in [1.807, 2.05) is 0 Å². The maximum atomic E-state index is 12.1. The first-order valence-corrected chi connectivity index (χ1v) is 8.47. The number of aliphatic hydroxyl groups excluding tert-OH is 1. The fourth-order valence-electron chi connectivity index (χ4n) is 3.12. The summed E-state index contributed by atoms with van der Waals surface area (Å²) >= 11 is 0. The zero-order valence-corrected chi connectivity index (χ0v) is 14.3. The second kappa shape index (κ2) is 8.74. The minimum Gasteiger partial charge on any atom is -0.396 e. The minimum absolute atomic E-state index is 0.0403. The van der Waals surface area contributed by atoms with Gasteiger partial charge < -0.3 is 10.4 Å². The number of hydrogen-bond donors (Lipinski definition) is 2. The van der Waals surface area contributed by atoms with Gasteiger partial charge in [0.15, 0.2) is 0 Å². The maximum absolute atomic E-state index is 12.1. The molecule has 0 aliphatic carbocycles. The Balaban J connectivity index is 2.26. The molecule has 2 N–H and O–H groups in total. The van der Waals surface area contributed by atoms with Gasteiger partial charge in [-0.3, -0.25) is 9.69 Å². The Kier molecular flexibility index (Phi) is 7.67. The van der Waals surface area contributed by atoms with Crippen LogP contribution in [-0.4, -0.2) is 48.2 Å². The number of aliphatic hydroxyl groups is 1. The fourth-order valence-corrected chi connectivity index (χ4v) is 3.12. The van der Waals surface area contributed by atoms with Crippen LogP contribution < -0.4 is 5.32 Å². The van der Waals surface area contributed by atoms with Crippen molar-refractivity contribution in [3.63, 3.8) is 0 Å². The molecule has 2 atom stereocenters. The van der Waals surface area contributed by atoms with Crippen LogP contribution in [0, 0.1) is 11.3 Å². The van der Waals surface area contributed by atoms with E-state index in [0.29, 0.717) is 6.54 Å². The smallest absolute Gasteiger partial charge is 0.234 e. The zero-order chi connectivity index (χ0) is 15.9. The van der Waals surface area contributed by atoms with Crippen molar-refractivity contribution in [2.75, 3.05) is 26.2 Å². The molecule has 1 amide bonds. The van der Waals surface area contributed by atoms with Gasteiger partial charge in [0.1, 0.15) is 0 Å². The van der Waals surface area contributed by atoms with Crippen molar-refractivity contribution >= 4 is 5.91 Å². The van der Waals surface area contributed by atoms with Gasteiger partial charge in [0.05, 0.1) is 6.54 Å². The molecular weight excluding hydrogens is 264 g/mol. The van der Waals surface area contributed by atoms with E-state index in [1.165, 1.54) is 12.8 Å². The highest BCUT2D eigenvalue weighted by Gasteiger charge is 2.31. The maximum Gasteiger partial charge on any atom is 0.234 e. The van der Waals surface area contributed by atoms with Gasteiger partial charge in [-0.1, -0.05) is 33.6 Å². The van der Waals surface area contributed by atoms with E-state index < -0.39 is 0 Å². The molecule has 21 heavy (non-hydrogen) atoms. The Morgan fingerprint density at radius 2 is 2.05 bits per heavy atom. The van der Waals surface area contributed by atoms with Crippen LogP contribution in [0.25, 0.3) is 0 Å². The molecule has 1 fully saturated rings. The first-order valence-electron chi connectivity index (χ1n) is 8.47. The molecule has 0 bridgehead atoms. The van der Waals surface area contributed by atoms with Gasteiger partial charge in [-0.2, -0.15) is 0 Å². The van der Waals surface area contributed by atoms with Crippen molar-refractivity contribution in [1.29, 1.82) is 0 Å². The molecule has 4 nitrogen and oxygen atoms in total. The van der Waals surface area contributed by atoms with Crippen LogP contribution in [0.5, 0.6) is 0 Å². The summed E-state index contributed by atoms with van der Waals surface area (Å²) in [6, 6.07) is 0.255. The SMILES string of the molecule is CC(C)CCCC(C)NC(=O)CN1CCCC(C)(CO)C1. The molecular formula is C17H34N2O2. The Labute approximate surface area is 130 Å². The van der Waals surface area contributed by atoms with Gasteiger partial charge in [0, 0.05) is 24.6 Å². The second-order valence-electron chi connectivity index (χ2n) is 7.58. The molecule has 1 aliphatic rings. The average molecular weight is 298 g/mol. The van der Waals surface area contributed by atoms with Crippen molar-refractivity contribution in [3.8, 4) is 0 Å². The van der Waals surface area contributed by atoms with Crippen LogP contribution in [0.3, 0.4) is 0 Å². The molecule has 124 valence electrons. The van der Waals surface area contributed by atoms with Crippen LogP contribution in [0.1, 0.15) is 59.8 Å².